The summed E-state index contributed by atoms with van der Waals surface area (Å²) in [4.78, 5) is 25.4. The van der Waals surface area contributed by atoms with Crippen molar-refractivity contribution in [1.82, 2.24) is 10.2 Å². The molecule has 124 valence electrons. The Hall–Kier alpha value is -2.28. The van der Waals surface area contributed by atoms with Gasteiger partial charge in [0.15, 0.2) is 11.5 Å². The average molecular weight is 319 g/mol. The van der Waals surface area contributed by atoms with Crippen LogP contribution in [0.1, 0.15) is 12.8 Å². The number of benzene rings is 1. The molecule has 1 aromatic rings. The number of carbonyl (C=O) groups is 2. The van der Waals surface area contributed by atoms with Gasteiger partial charge >= 0.3 is 0 Å². The molecule has 1 aliphatic heterocycles. The predicted molar refractivity (Wildman–Crippen MR) is 84.7 cm³/mol. The molecule has 0 bridgehead atoms. The quantitative estimate of drug-likeness (QED) is 0.803. The number of ether oxygens (including phenoxy) is 2. The number of nitrogens with one attached hydrogen (secondary N) is 2. The second-order valence-corrected chi connectivity index (χ2v) is 5.92. The van der Waals surface area contributed by atoms with E-state index in [0.29, 0.717) is 36.4 Å². The fourth-order valence-electron chi connectivity index (χ4n) is 2.37. The van der Waals surface area contributed by atoms with Crippen LogP contribution in [0.5, 0.6) is 11.5 Å². The lowest BCUT2D eigenvalue weighted by Gasteiger charge is -2.19. The highest BCUT2D eigenvalue weighted by molar-refractivity contribution is 5.93. The Labute approximate surface area is 134 Å². The molecular weight excluding hydrogens is 298 g/mol. The molecule has 23 heavy (non-hydrogen) atoms. The van der Waals surface area contributed by atoms with Crippen molar-refractivity contribution in [2.24, 2.45) is 0 Å². The number of likely N-dealkylation sites (N-methyl/N-ethyl adjacent to an activating group) is 1. The summed E-state index contributed by atoms with van der Waals surface area (Å²) >= 11 is 0. The fraction of sp³-hybridized carbons (Fsp3) is 0.500. The molecule has 1 saturated carbocycles. The van der Waals surface area contributed by atoms with Crippen LogP contribution in [0.25, 0.3) is 0 Å². The van der Waals surface area contributed by atoms with Gasteiger partial charge in [-0.1, -0.05) is 0 Å². The van der Waals surface area contributed by atoms with Gasteiger partial charge in [-0.2, -0.15) is 0 Å². The molecule has 7 nitrogen and oxygen atoms in total. The second-order valence-electron chi connectivity index (χ2n) is 5.92. The SMILES string of the molecule is CN(CC(=O)Nc1ccc2c(c1)OCCO2)CC(=O)NC1CC1. The van der Waals surface area contributed by atoms with Gasteiger partial charge < -0.3 is 20.1 Å². The van der Waals surface area contributed by atoms with Crippen molar-refractivity contribution < 1.29 is 19.1 Å². The van der Waals surface area contributed by atoms with Crippen LogP contribution in [0.4, 0.5) is 5.69 Å². The maximum absolute atomic E-state index is 12.1. The zero-order chi connectivity index (χ0) is 16.2. The van der Waals surface area contributed by atoms with E-state index >= 15 is 0 Å². The number of hydrogen-bond donors (Lipinski definition) is 2. The Kier molecular flexibility index (Phi) is 4.66. The first kappa shape index (κ1) is 15.6. The molecule has 2 aliphatic rings. The maximum atomic E-state index is 12.1. The van der Waals surface area contributed by atoms with Crippen LogP contribution in [0.3, 0.4) is 0 Å². The molecule has 0 aromatic heterocycles. The van der Waals surface area contributed by atoms with E-state index in [4.69, 9.17) is 9.47 Å². The number of nitrogens with zero attached hydrogens (tertiary/aromatic N) is 1. The molecule has 1 fully saturated rings. The minimum Gasteiger partial charge on any atom is -0.486 e. The van der Waals surface area contributed by atoms with E-state index in [1.807, 2.05) is 0 Å². The number of rotatable bonds is 6. The van der Waals surface area contributed by atoms with E-state index in [1.54, 1.807) is 30.1 Å². The van der Waals surface area contributed by atoms with Gasteiger partial charge in [0.2, 0.25) is 11.8 Å². The van der Waals surface area contributed by atoms with Gasteiger partial charge in [0, 0.05) is 17.8 Å². The average Bonchev–Trinajstić information content (AvgIpc) is 3.30. The predicted octanol–water partition coefficient (Wildman–Crippen LogP) is 0.607. The molecule has 0 unspecified atom stereocenters. The van der Waals surface area contributed by atoms with E-state index in [0.717, 1.165) is 12.8 Å². The molecule has 1 heterocycles. The summed E-state index contributed by atoms with van der Waals surface area (Å²) in [7, 11) is 1.75. The zero-order valence-electron chi connectivity index (χ0n) is 13.1. The first-order valence-electron chi connectivity index (χ1n) is 7.77. The third kappa shape index (κ3) is 4.59. The van der Waals surface area contributed by atoms with Crippen molar-refractivity contribution in [3.05, 3.63) is 18.2 Å². The number of hydrogen-bond acceptors (Lipinski definition) is 5. The Balaban J connectivity index is 1.47. The first-order chi connectivity index (χ1) is 11.1. The van der Waals surface area contributed by atoms with E-state index in [-0.39, 0.29) is 24.9 Å². The summed E-state index contributed by atoms with van der Waals surface area (Å²) in [5.41, 5.74) is 0.648. The molecule has 0 spiro atoms. The monoisotopic (exact) mass is 319 g/mol. The minimum atomic E-state index is -0.177. The van der Waals surface area contributed by atoms with Gasteiger partial charge in [-0.15, -0.1) is 0 Å². The highest BCUT2D eigenvalue weighted by Gasteiger charge is 2.23. The standard InChI is InChI=1S/C16H21N3O4/c1-19(9-15(20)17-11-2-3-11)10-16(21)18-12-4-5-13-14(8-12)23-7-6-22-13/h4-5,8,11H,2-3,6-7,9-10H2,1H3,(H,17,20)(H,18,21). The van der Waals surface area contributed by atoms with E-state index in [2.05, 4.69) is 10.6 Å². The summed E-state index contributed by atoms with van der Waals surface area (Å²) in [6.07, 6.45) is 2.11. The highest BCUT2D eigenvalue weighted by atomic mass is 16.6. The molecule has 1 aliphatic carbocycles. The van der Waals surface area contributed by atoms with E-state index in [9.17, 15) is 9.59 Å². The minimum absolute atomic E-state index is 0.0397. The van der Waals surface area contributed by atoms with Gasteiger partial charge in [0.05, 0.1) is 13.1 Å². The van der Waals surface area contributed by atoms with Crippen molar-refractivity contribution in [2.75, 3.05) is 38.7 Å². The van der Waals surface area contributed by atoms with Gasteiger partial charge in [0.1, 0.15) is 13.2 Å². The Morgan fingerprint density at radius 3 is 2.57 bits per heavy atom. The third-order valence-electron chi connectivity index (χ3n) is 3.60. The van der Waals surface area contributed by atoms with Crippen LogP contribution < -0.4 is 20.1 Å². The summed E-state index contributed by atoms with van der Waals surface area (Å²) < 4.78 is 10.9. The molecule has 1 aromatic carbocycles. The summed E-state index contributed by atoms with van der Waals surface area (Å²) in [5.74, 6) is 1.10. The maximum Gasteiger partial charge on any atom is 0.238 e. The lowest BCUT2D eigenvalue weighted by atomic mass is 10.2. The molecule has 7 heteroatoms. The normalized spacial score (nSPS) is 16.1. The number of fused-ring (bicyclic) bond motifs is 1. The van der Waals surface area contributed by atoms with Crippen LogP contribution in [0, 0.1) is 0 Å². The van der Waals surface area contributed by atoms with Gasteiger partial charge in [-0.25, -0.2) is 0 Å². The third-order valence-corrected chi connectivity index (χ3v) is 3.60. The van der Waals surface area contributed by atoms with Crippen LogP contribution in [-0.4, -0.2) is 56.1 Å². The highest BCUT2D eigenvalue weighted by Crippen LogP contribution is 2.32. The molecule has 0 atom stereocenters. The van der Waals surface area contributed by atoms with Gasteiger partial charge in [-0.05, 0) is 32.0 Å². The van der Waals surface area contributed by atoms with Gasteiger partial charge in [-0.3, -0.25) is 14.5 Å². The number of amides is 2. The first-order valence-corrected chi connectivity index (χ1v) is 7.77. The molecule has 3 rings (SSSR count). The zero-order valence-corrected chi connectivity index (χ0v) is 13.1. The largest absolute Gasteiger partial charge is 0.486 e. The number of carbonyl (C=O) groups excluding carboxylic acids is 2. The summed E-state index contributed by atoms with van der Waals surface area (Å²) in [5, 5.41) is 5.70. The molecule has 2 N–H and O–H groups in total. The number of anilines is 1. The summed E-state index contributed by atoms with van der Waals surface area (Å²) in [6.45, 7) is 1.40. The van der Waals surface area contributed by atoms with Crippen molar-refractivity contribution in [3.63, 3.8) is 0 Å². The van der Waals surface area contributed by atoms with E-state index in [1.165, 1.54) is 0 Å². The van der Waals surface area contributed by atoms with E-state index < -0.39 is 0 Å². The van der Waals surface area contributed by atoms with Crippen molar-refractivity contribution in [2.45, 2.75) is 18.9 Å². The summed E-state index contributed by atoms with van der Waals surface area (Å²) in [6, 6.07) is 5.62. The lowest BCUT2D eigenvalue weighted by molar-refractivity contribution is -0.123. The molecule has 0 saturated heterocycles. The fourth-order valence-corrected chi connectivity index (χ4v) is 2.37. The van der Waals surface area contributed by atoms with Crippen molar-refractivity contribution in [3.8, 4) is 11.5 Å². The Morgan fingerprint density at radius 1 is 1.13 bits per heavy atom. The van der Waals surface area contributed by atoms with Crippen molar-refractivity contribution >= 4 is 17.5 Å². The van der Waals surface area contributed by atoms with Crippen molar-refractivity contribution in [1.29, 1.82) is 0 Å². The lowest BCUT2D eigenvalue weighted by Crippen LogP contribution is -2.39. The van der Waals surface area contributed by atoms with Crippen LogP contribution >= 0.6 is 0 Å². The second kappa shape index (κ2) is 6.87. The van der Waals surface area contributed by atoms with Crippen LogP contribution in [-0.2, 0) is 9.59 Å². The van der Waals surface area contributed by atoms with Crippen LogP contribution in [0.15, 0.2) is 18.2 Å². The molecular formula is C16H21N3O4. The Bertz CT molecular complexity index is 601. The van der Waals surface area contributed by atoms with Gasteiger partial charge in [0.25, 0.3) is 0 Å². The smallest absolute Gasteiger partial charge is 0.238 e. The molecule has 0 radical (unpaired) electrons. The Morgan fingerprint density at radius 2 is 1.83 bits per heavy atom. The topological polar surface area (TPSA) is 79.9 Å². The van der Waals surface area contributed by atoms with Crippen LogP contribution in [0.2, 0.25) is 0 Å². The molecule has 2 amide bonds.